The molecule has 0 radical (unpaired) electrons. The fourth-order valence-electron chi connectivity index (χ4n) is 1.90. The van der Waals surface area contributed by atoms with E-state index in [1.807, 2.05) is 47.2 Å². The number of hydrogen-bond acceptors (Lipinski definition) is 5. The average Bonchev–Trinajstić information content (AvgIpc) is 3.24. The lowest BCUT2D eigenvalue weighted by Crippen LogP contribution is -2.07. The first-order valence-corrected chi connectivity index (χ1v) is 8.63. The fraction of sp³-hybridized carbons (Fsp3) is 0.0588. The van der Waals surface area contributed by atoms with Gasteiger partial charge in [-0.2, -0.15) is 0 Å². The maximum atomic E-state index is 12.0. The topological polar surface area (TPSA) is 51.2 Å². The zero-order valence-corrected chi connectivity index (χ0v) is 14.0. The molecule has 1 N–H and O–H groups in total. The summed E-state index contributed by atoms with van der Waals surface area (Å²) in [4.78, 5) is 17.5. The van der Waals surface area contributed by atoms with Crippen molar-refractivity contribution in [1.82, 2.24) is 4.98 Å². The van der Waals surface area contributed by atoms with Crippen LogP contribution in [0.4, 0.5) is 5.13 Å². The third kappa shape index (κ3) is 4.06. The van der Waals surface area contributed by atoms with Crippen molar-refractivity contribution in [1.29, 1.82) is 0 Å². The van der Waals surface area contributed by atoms with E-state index in [1.165, 1.54) is 17.4 Å². The van der Waals surface area contributed by atoms with Gasteiger partial charge in [-0.25, -0.2) is 4.98 Å². The van der Waals surface area contributed by atoms with Gasteiger partial charge in [0.15, 0.2) is 5.13 Å². The highest BCUT2D eigenvalue weighted by molar-refractivity contribution is 7.16. The number of thiophene rings is 1. The molecule has 6 heteroatoms. The molecule has 116 valence electrons. The molecule has 0 bridgehead atoms. The second kappa shape index (κ2) is 7.21. The Labute approximate surface area is 142 Å². The van der Waals surface area contributed by atoms with Crippen LogP contribution in [0, 0.1) is 0 Å². The summed E-state index contributed by atoms with van der Waals surface area (Å²) in [6, 6.07) is 11.5. The Balaban J connectivity index is 1.61. The Morgan fingerprint density at radius 1 is 1.22 bits per heavy atom. The summed E-state index contributed by atoms with van der Waals surface area (Å²) < 4.78 is 5.10. The highest BCUT2D eigenvalue weighted by Crippen LogP contribution is 2.28. The third-order valence-electron chi connectivity index (χ3n) is 3.05. The minimum atomic E-state index is -0.201. The van der Waals surface area contributed by atoms with Gasteiger partial charge < -0.3 is 4.74 Å². The van der Waals surface area contributed by atoms with Crippen molar-refractivity contribution in [3.63, 3.8) is 0 Å². The molecular weight excluding hydrogens is 328 g/mol. The molecule has 1 amide bonds. The highest BCUT2D eigenvalue weighted by Gasteiger charge is 2.06. The van der Waals surface area contributed by atoms with Crippen LogP contribution in [0.15, 0.2) is 53.2 Å². The molecule has 23 heavy (non-hydrogen) atoms. The molecule has 0 saturated heterocycles. The molecule has 2 aromatic heterocycles. The number of amides is 1. The maximum absolute atomic E-state index is 12.0. The van der Waals surface area contributed by atoms with Crippen molar-refractivity contribution in [2.75, 3.05) is 12.4 Å². The van der Waals surface area contributed by atoms with E-state index in [2.05, 4.69) is 10.3 Å². The first kappa shape index (κ1) is 15.5. The SMILES string of the molecule is COc1ccc(C=CC(=O)Nc2nc(-c3cccs3)cs2)cc1. The van der Waals surface area contributed by atoms with Crippen molar-refractivity contribution < 1.29 is 9.53 Å². The second-order valence-corrected chi connectivity index (χ2v) is 6.42. The van der Waals surface area contributed by atoms with E-state index in [0.29, 0.717) is 5.13 Å². The van der Waals surface area contributed by atoms with E-state index in [1.54, 1.807) is 24.5 Å². The minimum Gasteiger partial charge on any atom is -0.497 e. The van der Waals surface area contributed by atoms with Crippen molar-refractivity contribution in [3.05, 3.63) is 58.8 Å². The Morgan fingerprint density at radius 2 is 2.04 bits per heavy atom. The predicted molar refractivity (Wildman–Crippen MR) is 96.1 cm³/mol. The summed E-state index contributed by atoms with van der Waals surface area (Å²) in [6.07, 6.45) is 3.25. The molecule has 0 saturated carbocycles. The Morgan fingerprint density at radius 3 is 2.74 bits per heavy atom. The number of anilines is 1. The molecular formula is C17H14N2O2S2. The molecule has 2 heterocycles. The number of hydrogen-bond donors (Lipinski definition) is 1. The van der Waals surface area contributed by atoms with E-state index in [0.717, 1.165) is 21.9 Å². The lowest BCUT2D eigenvalue weighted by atomic mass is 10.2. The Bertz CT molecular complexity index is 806. The summed E-state index contributed by atoms with van der Waals surface area (Å²) in [5.41, 5.74) is 1.82. The number of nitrogens with one attached hydrogen (secondary N) is 1. The molecule has 3 rings (SSSR count). The van der Waals surface area contributed by atoms with Crippen LogP contribution < -0.4 is 10.1 Å². The van der Waals surface area contributed by atoms with Crippen LogP contribution in [0.5, 0.6) is 5.75 Å². The number of thiazole rings is 1. The standard InChI is InChI=1S/C17H14N2O2S2/c1-21-13-7-4-12(5-8-13)6-9-16(20)19-17-18-14(11-23-17)15-3-2-10-22-15/h2-11H,1H3,(H,18,19,20). The van der Waals surface area contributed by atoms with Crippen LogP contribution in [-0.2, 0) is 4.79 Å². The molecule has 3 aromatic rings. The number of rotatable bonds is 5. The van der Waals surface area contributed by atoms with Gasteiger partial charge in [-0.3, -0.25) is 10.1 Å². The van der Waals surface area contributed by atoms with E-state index in [9.17, 15) is 4.79 Å². The number of aromatic nitrogens is 1. The van der Waals surface area contributed by atoms with Crippen LogP contribution in [0.25, 0.3) is 16.6 Å². The highest BCUT2D eigenvalue weighted by atomic mass is 32.1. The number of carbonyl (C=O) groups is 1. The normalized spacial score (nSPS) is 10.8. The molecule has 0 atom stereocenters. The number of benzene rings is 1. The van der Waals surface area contributed by atoms with Gasteiger partial charge in [0.05, 0.1) is 17.7 Å². The molecule has 0 aliphatic heterocycles. The van der Waals surface area contributed by atoms with Crippen molar-refractivity contribution in [2.45, 2.75) is 0 Å². The number of ether oxygens (including phenoxy) is 1. The first-order valence-electron chi connectivity index (χ1n) is 6.87. The van der Waals surface area contributed by atoms with Crippen LogP contribution in [0.1, 0.15) is 5.56 Å². The number of methoxy groups -OCH3 is 1. The Kier molecular flexibility index (Phi) is 4.85. The van der Waals surface area contributed by atoms with Crippen molar-refractivity contribution in [3.8, 4) is 16.3 Å². The monoisotopic (exact) mass is 342 g/mol. The van der Waals surface area contributed by atoms with E-state index < -0.39 is 0 Å². The smallest absolute Gasteiger partial charge is 0.250 e. The second-order valence-electron chi connectivity index (χ2n) is 4.61. The van der Waals surface area contributed by atoms with Crippen LogP contribution in [0.3, 0.4) is 0 Å². The van der Waals surface area contributed by atoms with Gasteiger partial charge in [-0.15, -0.1) is 22.7 Å². The van der Waals surface area contributed by atoms with E-state index in [-0.39, 0.29) is 5.91 Å². The number of carbonyl (C=O) groups excluding carboxylic acids is 1. The molecule has 1 aromatic carbocycles. The predicted octanol–water partition coefficient (Wildman–Crippen LogP) is 4.53. The largest absolute Gasteiger partial charge is 0.497 e. The molecule has 4 nitrogen and oxygen atoms in total. The molecule has 0 fully saturated rings. The fourth-order valence-corrected chi connectivity index (χ4v) is 3.38. The first-order chi connectivity index (χ1) is 11.2. The van der Waals surface area contributed by atoms with Gasteiger partial charge >= 0.3 is 0 Å². The number of nitrogens with zero attached hydrogens (tertiary/aromatic N) is 1. The van der Waals surface area contributed by atoms with Crippen LogP contribution in [-0.4, -0.2) is 18.0 Å². The van der Waals surface area contributed by atoms with Gasteiger partial charge in [0.1, 0.15) is 5.75 Å². The molecule has 0 aliphatic rings. The zero-order valence-electron chi connectivity index (χ0n) is 12.4. The summed E-state index contributed by atoms with van der Waals surface area (Å²) in [6.45, 7) is 0. The summed E-state index contributed by atoms with van der Waals surface area (Å²) in [5.74, 6) is 0.586. The van der Waals surface area contributed by atoms with Gasteiger partial charge in [-0.05, 0) is 35.2 Å². The quantitative estimate of drug-likeness (QED) is 0.693. The average molecular weight is 342 g/mol. The zero-order chi connectivity index (χ0) is 16.1. The van der Waals surface area contributed by atoms with Crippen LogP contribution in [0.2, 0.25) is 0 Å². The lowest BCUT2D eigenvalue weighted by Gasteiger charge is -1.99. The van der Waals surface area contributed by atoms with Gasteiger partial charge in [0.25, 0.3) is 0 Å². The van der Waals surface area contributed by atoms with Crippen LogP contribution >= 0.6 is 22.7 Å². The Hall–Kier alpha value is -2.44. The molecule has 0 spiro atoms. The molecule has 0 aliphatic carbocycles. The van der Waals surface area contributed by atoms with Gasteiger partial charge in [0, 0.05) is 11.5 Å². The van der Waals surface area contributed by atoms with Crippen molar-refractivity contribution in [2.24, 2.45) is 0 Å². The van der Waals surface area contributed by atoms with Crippen molar-refractivity contribution >= 4 is 39.8 Å². The van der Waals surface area contributed by atoms with Gasteiger partial charge in [-0.1, -0.05) is 18.2 Å². The van der Waals surface area contributed by atoms with Gasteiger partial charge in [0.2, 0.25) is 5.91 Å². The summed E-state index contributed by atoms with van der Waals surface area (Å²) in [5, 5.41) is 7.32. The van der Waals surface area contributed by atoms with E-state index in [4.69, 9.17) is 4.74 Å². The summed E-state index contributed by atoms with van der Waals surface area (Å²) >= 11 is 3.04. The summed E-state index contributed by atoms with van der Waals surface area (Å²) in [7, 11) is 1.62. The van der Waals surface area contributed by atoms with E-state index >= 15 is 0 Å². The minimum absolute atomic E-state index is 0.201. The maximum Gasteiger partial charge on any atom is 0.250 e. The lowest BCUT2D eigenvalue weighted by molar-refractivity contribution is -0.111. The third-order valence-corrected chi connectivity index (χ3v) is 4.70. The molecule has 0 unspecified atom stereocenters.